The number of fused-ring (bicyclic) bond motifs is 1. The van der Waals surface area contributed by atoms with Gasteiger partial charge in [-0.3, -0.25) is 4.79 Å². The first kappa shape index (κ1) is 21.4. The van der Waals surface area contributed by atoms with E-state index in [0.29, 0.717) is 30.6 Å². The molecule has 0 spiro atoms. The van der Waals surface area contributed by atoms with Crippen molar-refractivity contribution in [2.45, 2.75) is 32.7 Å². The molecule has 0 radical (unpaired) electrons. The van der Waals surface area contributed by atoms with Crippen LogP contribution in [0.15, 0.2) is 48.5 Å². The Balaban J connectivity index is 1.50. The Morgan fingerprint density at radius 1 is 1.16 bits per heavy atom. The molecular weight excluding hydrogens is 412 g/mol. The summed E-state index contributed by atoms with van der Waals surface area (Å²) in [6.45, 7) is 4.48. The highest BCUT2D eigenvalue weighted by Gasteiger charge is 2.29. The molecule has 2 aromatic carbocycles. The molecule has 7 heteroatoms. The lowest BCUT2D eigenvalue weighted by Gasteiger charge is -2.33. The van der Waals surface area contributed by atoms with Gasteiger partial charge in [0.15, 0.2) is 5.82 Å². The smallest absolute Gasteiger partial charge is 0.258 e. The maximum atomic E-state index is 12.9. The van der Waals surface area contributed by atoms with Crippen molar-refractivity contribution in [1.82, 2.24) is 15.3 Å². The maximum absolute atomic E-state index is 12.9. The van der Waals surface area contributed by atoms with Gasteiger partial charge in [0.05, 0.1) is 23.6 Å². The number of anilines is 1. The van der Waals surface area contributed by atoms with Crippen molar-refractivity contribution in [3.8, 4) is 5.88 Å². The number of hydrogen-bond donors (Lipinski definition) is 1. The number of nitrogens with zero attached hydrogens (tertiary/aromatic N) is 3. The van der Waals surface area contributed by atoms with E-state index in [0.717, 1.165) is 48.2 Å². The first-order valence-corrected chi connectivity index (χ1v) is 11.2. The van der Waals surface area contributed by atoms with E-state index in [1.807, 2.05) is 48.5 Å². The van der Waals surface area contributed by atoms with Gasteiger partial charge in [-0.2, -0.15) is 0 Å². The SMILES string of the molecule is CCCOc1nc2ccccc2nc1N1CCCC(C(=O)NCc2ccccc2Cl)C1. The number of piperidine rings is 1. The minimum Gasteiger partial charge on any atom is -0.475 e. The van der Waals surface area contributed by atoms with E-state index in [1.54, 1.807) is 0 Å². The summed E-state index contributed by atoms with van der Waals surface area (Å²) in [5.41, 5.74) is 2.55. The van der Waals surface area contributed by atoms with Gasteiger partial charge in [0.1, 0.15) is 0 Å². The number of ether oxygens (including phenoxy) is 1. The molecule has 1 amide bonds. The van der Waals surface area contributed by atoms with Crippen molar-refractivity contribution in [1.29, 1.82) is 0 Å². The third-order valence-corrected chi connectivity index (χ3v) is 5.84. The Kier molecular flexibility index (Phi) is 6.87. The molecule has 3 aromatic rings. The van der Waals surface area contributed by atoms with Crippen LogP contribution in [0.2, 0.25) is 5.02 Å². The average molecular weight is 439 g/mol. The van der Waals surface area contributed by atoms with Crippen LogP contribution in [0.1, 0.15) is 31.7 Å². The van der Waals surface area contributed by atoms with Crippen LogP contribution in [0.4, 0.5) is 5.82 Å². The number of nitrogens with one attached hydrogen (secondary N) is 1. The van der Waals surface area contributed by atoms with Crippen LogP contribution in [0.25, 0.3) is 11.0 Å². The first-order chi connectivity index (χ1) is 15.2. The quantitative estimate of drug-likeness (QED) is 0.583. The largest absolute Gasteiger partial charge is 0.475 e. The van der Waals surface area contributed by atoms with E-state index in [9.17, 15) is 4.79 Å². The fourth-order valence-corrected chi connectivity index (χ4v) is 4.03. The monoisotopic (exact) mass is 438 g/mol. The topological polar surface area (TPSA) is 67.4 Å². The van der Waals surface area contributed by atoms with Crippen LogP contribution in [-0.4, -0.2) is 35.6 Å². The predicted molar refractivity (Wildman–Crippen MR) is 124 cm³/mol. The summed E-state index contributed by atoms with van der Waals surface area (Å²) < 4.78 is 5.93. The van der Waals surface area contributed by atoms with E-state index >= 15 is 0 Å². The lowest BCUT2D eigenvalue weighted by molar-refractivity contribution is -0.125. The van der Waals surface area contributed by atoms with Gasteiger partial charge in [-0.15, -0.1) is 0 Å². The van der Waals surface area contributed by atoms with Gasteiger partial charge in [-0.25, -0.2) is 9.97 Å². The molecule has 1 atom stereocenters. The Bertz CT molecular complexity index is 1060. The van der Waals surface area contributed by atoms with Crippen LogP contribution >= 0.6 is 11.6 Å². The molecule has 31 heavy (non-hydrogen) atoms. The third kappa shape index (κ3) is 5.07. The van der Waals surface area contributed by atoms with Crippen LogP contribution < -0.4 is 15.0 Å². The number of para-hydroxylation sites is 2. The Hall–Kier alpha value is -2.86. The summed E-state index contributed by atoms with van der Waals surface area (Å²) in [4.78, 5) is 24.6. The number of amides is 1. The van der Waals surface area contributed by atoms with Crippen molar-refractivity contribution < 1.29 is 9.53 Å². The van der Waals surface area contributed by atoms with Crippen molar-refractivity contribution in [2.24, 2.45) is 5.92 Å². The molecule has 0 saturated carbocycles. The molecule has 0 bridgehead atoms. The Labute approximate surface area is 187 Å². The molecule has 6 nitrogen and oxygen atoms in total. The molecule has 1 aliphatic heterocycles. The van der Waals surface area contributed by atoms with E-state index < -0.39 is 0 Å². The zero-order chi connectivity index (χ0) is 21.6. The molecule has 0 aliphatic carbocycles. The number of aromatic nitrogens is 2. The van der Waals surface area contributed by atoms with E-state index in [2.05, 4.69) is 17.1 Å². The van der Waals surface area contributed by atoms with Crippen LogP contribution in [0.5, 0.6) is 5.88 Å². The van der Waals surface area contributed by atoms with E-state index in [4.69, 9.17) is 26.3 Å². The zero-order valence-corrected chi connectivity index (χ0v) is 18.4. The molecular formula is C24H27ClN4O2. The third-order valence-electron chi connectivity index (χ3n) is 5.47. The summed E-state index contributed by atoms with van der Waals surface area (Å²) in [5.74, 6) is 1.17. The van der Waals surface area contributed by atoms with E-state index in [1.165, 1.54) is 0 Å². The van der Waals surface area contributed by atoms with Crippen LogP contribution in [0.3, 0.4) is 0 Å². The van der Waals surface area contributed by atoms with Gasteiger partial charge in [-0.05, 0) is 43.0 Å². The minimum atomic E-state index is -0.122. The molecule has 4 rings (SSSR count). The lowest BCUT2D eigenvalue weighted by atomic mass is 9.97. The molecule has 1 saturated heterocycles. The second kappa shape index (κ2) is 9.96. The van der Waals surface area contributed by atoms with Gasteiger partial charge in [0.2, 0.25) is 5.91 Å². The van der Waals surface area contributed by atoms with E-state index in [-0.39, 0.29) is 11.8 Å². The number of hydrogen-bond acceptors (Lipinski definition) is 5. The fourth-order valence-electron chi connectivity index (χ4n) is 3.83. The number of carbonyl (C=O) groups is 1. The van der Waals surface area contributed by atoms with Crippen molar-refractivity contribution >= 4 is 34.4 Å². The van der Waals surface area contributed by atoms with Crippen molar-refractivity contribution in [3.05, 3.63) is 59.1 Å². The zero-order valence-electron chi connectivity index (χ0n) is 17.7. The summed E-state index contributed by atoms with van der Waals surface area (Å²) in [6.07, 6.45) is 2.64. The molecule has 1 aliphatic rings. The number of benzene rings is 2. The molecule has 1 unspecified atom stereocenters. The molecule has 1 aromatic heterocycles. The molecule has 162 valence electrons. The number of carbonyl (C=O) groups excluding carboxylic acids is 1. The second-order valence-electron chi connectivity index (χ2n) is 7.78. The normalized spacial score (nSPS) is 16.3. The molecule has 1 N–H and O–H groups in total. The molecule has 1 fully saturated rings. The van der Waals surface area contributed by atoms with Crippen molar-refractivity contribution in [2.75, 3.05) is 24.6 Å². The second-order valence-corrected chi connectivity index (χ2v) is 8.19. The highest BCUT2D eigenvalue weighted by molar-refractivity contribution is 6.31. The highest BCUT2D eigenvalue weighted by atomic mass is 35.5. The average Bonchev–Trinajstić information content (AvgIpc) is 2.81. The standard InChI is InChI=1S/C24H27ClN4O2/c1-2-14-31-24-22(27-20-11-5-6-12-21(20)28-24)29-13-7-9-18(16-29)23(30)26-15-17-8-3-4-10-19(17)25/h3-6,8,10-12,18H,2,7,9,13-16H2,1H3,(H,26,30). The van der Waals surface area contributed by atoms with Gasteiger partial charge in [0.25, 0.3) is 5.88 Å². The number of rotatable bonds is 7. The highest BCUT2D eigenvalue weighted by Crippen LogP contribution is 2.31. The van der Waals surface area contributed by atoms with Gasteiger partial charge in [-0.1, -0.05) is 48.9 Å². The summed E-state index contributed by atoms with van der Waals surface area (Å²) in [5, 5.41) is 3.71. The number of halogens is 1. The predicted octanol–water partition coefficient (Wildman–Crippen LogP) is 4.60. The van der Waals surface area contributed by atoms with Crippen LogP contribution in [0, 0.1) is 5.92 Å². The fraction of sp³-hybridized carbons (Fsp3) is 0.375. The van der Waals surface area contributed by atoms with Gasteiger partial charge >= 0.3 is 0 Å². The minimum absolute atomic E-state index is 0.0365. The maximum Gasteiger partial charge on any atom is 0.258 e. The summed E-state index contributed by atoms with van der Waals surface area (Å²) >= 11 is 6.21. The summed E-state index contributed by atoms with van der Waals surface area (Å²) in [7, 11) is 0. The van der Waals surface area contributed by atoms with Crippen molar-refractivity contribution in [3.63, 3.8) is 0 Å². The van der Waals surface area contributed by atoms with Gasteiger partial charge in [0, 0.05) is 24.7 Å². The lowest BCUT2D eigenvalue weighted by Crippen LogP contribution is -2.43. The summed E-state index contributed by atoms with van der Waals surface area (Å²) in [6, 6.07) is 15.4. The molecule has 2 heterocycles. The van der Waals surface area contributed by atoms with Gasteiger partial charge < -0.3 is 15.0 Å². The Morgan fingerprint density at radius 3 is 2.68 bits per heavy atom. The first-order valence-electron chi connectivity index (χ1n) is 10.8. The van der Waals surface area contributed by atoms with Crippen LogP contribution in [-0.2, 0) is 11.3 Å². The Morgan fingerprint density at radius 2 is 1.90 bits per heavy atom.